The number of rotatable bonds is 3. The van der Waals surface area contributed by atoms with Gasteiger partial charge in [-0.1, -0.05) is 12.1 Å². The summed E-state index contributed by atoms with van der Waals surface area (Å²) in [4.78, 5) is 24.1. The quantitative estimate of drug-likeness (QED) is 0.814. The van der Waals surface area contributed by atoms with Crippen LogP contribution in [0.1, 0.15) is 17.5 Å². The number of aryl methyl sites for hydroxylation is 1. The molecule has 0 radical (unpaired) electrons. The monoisotopic (exact) mass is 250 g/mol. The number of nitrogens with one attached hydrogen (secondary N) is 1. The van der Waals surface area contributed by atoms with Crippen molar-refractivity contribution in [1.29, 1.82) is 0 Å². The molecule has 1 aromatic carbocycles. The van der Waals surface area contributed by atoms with Gasteiger partial charge in [0.2, 0.25) is 11.8 Å². The second kappa shape index (κ2) is 4.86. The number of benzene rings is 1. The van der Waals surface area contributed by atoms with E-state index in [2.05, 4.69) is 5.32 Å². The Labute approximate surface area is 105 Å². The molecule has 1 heterocycles. The van der Waals surface area contributed by atoms with Crippen LogP contribution < -0.4 is 5.32 Å². The van der Waals surface area contributed by atoms with Gasteiger partial charge in [0.1, 0.15) is 5.82 Å². The molecule has 5 heteroatoms. The number of imide groups is 1. The Morgan fingerprint density at radius 1 is 1.44 bits per heavy atom. The van der Waals surface area contributed by atoms with Gasteiger partial charge in [0.25, 0.3) is 0 Å². The largest absolute Gasteiger partial charge is 0.301 e. The van der Waals surface area contributed by atoms with Crippen LogP contribution in [0.15, 0.2) is 18.2 Å². The summed E-state index contributed by atoms with van der Waals surface area (Å²) >= 11 is 0. The van der Waals surface area contributed by atoms with Crippen LogP contribution in [0, 0.1) is 12.7 Å². The van der Waals surface area contributed by atoms with Crippen LogP contribution in [0.25, 0.3) is 0 Å². The minimum absolute atomic E-state index is 0.173. The average molecular weight is 250 g/mol. The molecular weight excluding hydrogens is 235 g/mol. The molecule has 0 saturated carbocycles. The summed E-state index contributed by atoms with van der Waals surface area (Å²) in [6.07, 6.45) is 0.190. The molecule has 2 rings (SSSR count). The van der Waals surface area contributed by atoms with Crippen molar-refractivity contribution in [1.82, 2.24) is 10.2 Å². The highest BCUT2D eigenvalue weighted by atomic mass is 19.1. The van der Waals surface area contributed by atoms with Crippen molar-refractivity contribution in [3.63, 3.8) is 0 Å². The number of likely N-dealkylation sites (N-methyl/N-ethyl adjacent to an activating group) is 1. The molecule has 1 aliphatic heterocycles. The Morgan fingerprint density at radius 3 is 2.72 bits per heavy atom. The molecule has 96 valence electrons. The fourth-order valence-corrected chi connectivity index (χ4v) is 1.97. The maximum atomic E-state index is 13.1. The molecule has 1 aromatic rings. The van der Waals surface area contributed by atoms with Crippen LogP contribution in [0.4, 0.5) is 4.39 Å². The van der Waals surface area contributed by atoms with Crippen molar-refractivity contribution in [2.75, 3.05) is 7.05 Å². The first-order chi connectivity index (χ1) is 8.49. The molecule has 0 bridgehead atoms. The van der Waals surface area contributed by atoms with E-state index in [1.807, 2.05) is 0 Å². The normalized spacial score (nSPS) is 19.7. The van der Waals surface area contributed by atoms with Gasteiger partial charge >= 0.3 is 0 Å². The van der Waals surface area contributed by atoms with Gasteiger partial charge in [-0.15, -0.1) is 0 Å². The van der Waals surface area contributed by atoms with Crippen LogP contribution in [-0.2, 0) is 16.1 Å². The third kappa shape index (κ3) is 2.41. The molecule has 1 saturated heterocycles. The van der Waals surface area contributed by atoms with E-state index in [1.54, 1.807) is 19.1 Å². The van der Waals surface area contributed by atoms with Crippen LogP contribution in [0.3, 0.4) is 0 Å². The fourth-order valence-electron chi connectivity index (χ4n) is 1.97. The minimum atomic E-state index is -0.465. The first kappa shape index (κ1) is 12.7. The Balaban J connectivity index is 1.98. The van der Waals surface area contributed by atoms with Gasteiger partial charge in [0, 0.05) is 13.6 Å². The number of amides is 2. The lowest BCUT2D eigenvalue weighted by Crippen LogP contribution is -2.36. The lowest BCUT2D eigenvalue weighted by Gasteiger charge is -2.11. The minimum Gasteiger partial charge on any atom is -0.301 e. The zero-order chi connectivity index (χ0) is 13.3. The molecule has 1 fully saturated rings. The van der Waals surface area contributed by atoms with Crippen molar-refractivity contribution < 1.29 is 14.0 Å². The number of carbonyl (C=O) groups is 2. The topological polar surface area (TPSA) is 49.4 Å². The smallest absolute Gasteiger partial charge is 0.246 e. The van der Waals surface area contributed by atoms with E-state index in [0.717, 1.165) is 10.5 Å². The molecule has 1 unspecified atom stereocenters. The Hall–Kier alpha value is -1.75. The van der Waals surface area contributed by atoms with Gasteiger partial charge in [0.15, 0.2) is 0 Å². The summed E-state index contributed by atoms with van der Waals surface area (Å²) in [7, 11) is 1.48. The van der Waals surface area contributed by atoms with Crippen LogP contribution in [0.2, 0.25) is 0 Å². The van der Waals surface area contributed by atoms with E-state index < -0.39 is 6.04 Å². The number of nitrogens with zero attached hydrogens (tertiary/aromatic N) is 1. The van der Waals surface area contributed by atoms with Gasteiger partial charge in [-0.2, -0.15) is 0 Å². The van der Waals surface area contributed by atoms with Crippen molar-refractivity contribution in [3.05, 3.63) is 35.1 Å². The fraction of sp³-hybridized carbons (Fsp3) is 0.385. The number of hydrogen-bond acceptors (Lipinski definition) is 3. The summed E-state index contributed by atoms with van der Waals surface area (Å²) in [5, 5.41) is 3.02. The second-order valence-electron chi connectivity index (χ2n) is 4.51. The predicted octanol–water partition coefficient (Wildman–Crippen LogP) is 0.981. The predicted molar refractivity (Wildman–Crippen MR) is 64.2 cm³/mol. The highest BCUT2D eigenvalue weighted by Gasteiger charge is 2.35. The third-order valence-corrected chi connectivity index (χ3v) is 3.16. The van der Waals surface area contributed by atoms with Gasteiger partial charge in [-0.3, -0.25) is 14.5 Å². The van der Waals surface area contributed by atoms with E-state index in [9.17, 15) is 14.0 Å². The summed E-state index contributed by atoms with van der Waals surface area (Å²) in [6, 6.07) is 4.33. The number of halogens is 1. The van der Waals surface area contributed by atoms with Gasteiger partial charge < -0.3 is 5.32 Å². The molecule has 18 heavy (non-hydrogen) atoms. The molecule has 1 aliphatic rings. The molecule has 0 aromatic heterocycles. The Morgan fingerprint density at radius 2 is 2.17 bits per heavy atom. The van der Waals surface area contributed by atoms with E-state index in [0.29, 0.717) is 12.1 Å². The van der Waals surface area contributed by atoms with Crippen molar-refractivity contribution in [2.24, 2.45) is 0 Å². The maximum Gasteiger partial charge on any atom is 0.246 e. The maximum absolute atomic E-state index is 13.1. The first-order valence-electron chi connectivity index (χ1n) is 5.78. The Kier molecular flexibility index (Phi) is 3.43. The highest BCUT2D eigenvalue weighted by Crippen LogP contribution is 2.13. The van der Waals surface area contributed by atoms with E-state index in [4.69, 9.17) is 0 Å². The summed E-state index contributed by atoms with van der Waals surface area (Å²) < 4.78 is 13.1. The molecule has 2 amide bonds. The summed E-state index contributed by atoms with van der Waals surface area (Å²) in [5.41, 5.74) is 1.46. The molecule has 4 nitrogen and oxygen atoms in total. The van der Waals surface area contributed by atoms with Crippen LogP contribution in [-0.4, -0.2) is 29.8 Å². The van der Waals surface area contributed by atoms with Crippen LogP contribution in [0.5, 0.6) is 0 Å². The summed E-state index contributed by atoms with van der Waals surface area (Å²) in [6.45, 7) is 2.13. The summed E-state index contributed by atoms with van der Waals surface area (Å²) in [5.74, 6) is -0.628. The first-order valence-corrected chi connectivity index (χ1v) is 5.78. The van der Waals surface area contributed by atoms with Crippen molar-refractivity contribution in [3.8, 4) is 0 Å². The van der Waals surface area contributed by atoms with Crippen LogP contribution >= 0.6 is 0 Å². The molecular formula is C13H15FN2O2. The van der Waals surface area contributed by atoms with Crippen molar-refractivity contribution in [2.45, 2.75) is 25.9 Å². The molecule has 1 N–H and O–H groups in total. The third-order valence-electron chi connectivity index (χ3n) is 3.16. The van der Waals surface area contributed by atoms with Gasteiger partial charge in [0.05, 0.1) is 12.5 Å². The number of hydrogen-bond donors (Lipinski definition) is 1. The molecule has 0 spiro atoms. The van der Waals surface area contributed by atoms with Gasteiger partial charge in [-0.25, -0.2) is 4.39 Å². The number of likely N-dealkylation sites (tertiary alicyclic amines) is 1. The molecule has 1 atom stereocenters. The Bertz CT molecular complexity index is 502. The zero-order valence-electron chi connectivity index (χ0n) is 10.4. The molecule has 0 aliphatic carbocycles. The number of carbonyl (C=O) groups excluding carboxylic acids is 2. The lowest BCUT2D eigenvalue weighted by molar-refractivity contribution is -0.137. The van der Waals surface area contributed by atoms with Crippen molar-refractivity contribution >= 4 is 11.8 Å². The SMILES string of the molecule is Cc1cc(CNC2CC(=O)N(C)C2=O)ccc1F. The van der Waals surface area contributed by atoms with E-state index >= 15 is 0 Å². The van der Waals surface area contributed by atoms with E-state index in [1.165, 1.54) is 13.1 Å². The highest BCUT2D eigenvalue weighted by molar-refractivity contribution is 6.05. The van der Waals surface area contributed by atoms with E-state index in [-0.39, 0.29) is 24.1 Å². The van der Waals surface area contributed by atoms with Gasteiger partial charge in [-0.05, 0) is 24.1 Å². The average Bonchev–Trinajstić information content (AvgIpc) is 2.58. The second-order valence-corrected chi connectivity index (χ2v) is 4.51. The standard InChI is InChI=1S/C13H15FN2O2/c1-8-5-9(3-4-10(8)14)7-15-11-6-12(17)16(2)13(11)18/h3-5,11,15H,6-7H2,1-2H3. The lowest BCUT2D eigenvalue weighted by atomic mass is 10.1. The zero-order valence-corrected chi connectivity index (χ0v) is 10.4.